The minimum Gasteiger partial charge on any atom is -0.379 e. The van der Waals surface area contributed by atoms with E-state index in [0.29, 0.717) is 6.54 Å². The van der Waals surface area contributed by atoms with E-state index < -0.39 is 0 Å². The molecule has 1 aliphatic rings. The van der Waals surface area contributed by atoms with E-state index in [-0.39, 0.29) is 6.04 Å². The zero-order valence-electron chi connectivity index (χ0n) is 17.4. The highest BCUT2D eigenvalue weighted by Crippen LogP contribution is 2.21. The van der Waals surface area contributed by atoms with Crippen molar-refractivity contribution in [3.63, 3.8) is 0 Å². The Balaban J connectivity index is 1.47. The molecule has 2 N–H and O–H groups in total. The van der Waals surface area contributed by atoms with Crippen LogP contribution in [0.1, 0.15) is 24.4 Å². The summed E-state index contributed by atoms with van der Waals surface area (Å²) in [6.07, 6.45) is 1.96. The molecule has 1 aromatic carbocycles. The van der Waals surface area contributed by atoms with E-state index in [1.54, 1.807) is 0 Å². The summed E-state index contributed by atoms with van der Waals surface area (Å²) in [6, 6.07) is 16.8. The average molecular weight is 408 g/mol. The van der Waals surface area contributed by atoms with Gasteiger partial charge in [-0.05, 0) is 24.6 Å². The predicted molar refractivity (Wildman–Crippen MR) is 117 cm³/mol. The first kappa shape index (κ1) is 20.3. The van der Waals surface area contributed by atoms with Gasteiger partial charge in [0, 0.05) is 32.4 Å². The van der Waals surface area contributed by atoms with Crippen molar-refractivity contribution in [2.45, 2.75) is 19.5 Å². The fourth-order valence-corrected chi connectivity index (χ4v) is 3.71. The molecule has 30 heavy (non-hydrogen) atoms. The minimum absolute atomic E-state index is 0.257. The number of hydrogen-bond donors (Lipinski definition) is 2. The molecule has 8 heteroatoms. The zero-order chi connectivity index (χ0) is 20.6. The summed E-state index contributed by atoms with van der Waals surface area (Å²) in [5.41, 5.74) is 2.13. The smallest absolute Gasteiger partial charge is 0.191 e. The Kier molecular flexibility index (Phi) is 6.89. The second kappa shape index (κ2) is 10.2. The Labute approximate surface area is 177 Å². The molecule has 4 rings (SSSR count). The number of guanidine groups is 1. The van der Waals surface area contributed by atoms with Crippen molar-refractivity contribution >= 4 is 11.6 Å². The number of morpholine rings is 1. The molecule has 3 heterocycles. The molecule has 8 nitrogen and oxygen atoms in total. The van der Waals surface area contributed by atoms with Crippen LogP contribution in [0.25, 0.3) is 5.65 Å². The Hall–Kier alpha value is -2.97. The summed E-state index contributed by atoms with van der Waals surface area (Å²) in [7, 11) is 0. The fraction of sp³-hybridized carbons (Fsp3) is 0.409. The van der Waals surface area contributed by atoms with Crippen molar-refractivity contribution in [1.29, 1.82) is 0 Å². The molecule has 0 amide bonds. The van der Waals surface area contributed by atoms with Gasteiger partial charge in [0.25, 0.3) is 0 Å². The lowest BCUT2D eigenvalue weighted by Gasteiger charge is -2.35. The molecule has 1 saturated heterocycles. The van der Waals surface area contributed by atoms with Crippen molar-refractivity contribution in [3.8, 4) is 0 Å². The number of aliphatic imine (C=N–C) groups is 1. The van der Waals surface area contributed by atoms with E-state index in [1.165, 1.54) is 5.56 Å². The maximum absolute atomic E-state index is 5.55. The summed E-state index contributed by atoms with van der Waals surface area (Å²) in [6.45, 7) is 7.49. The van der Waals surface area contributed by atoms with Crippen molar-refractivity contribution in [1.82, 2.24) is 30.1 Å². The number of pyridine rings is 1. The summed E-state index contributed by atoms with van der Waals surface area (Å²) < 4.78 is 7.52. The lowest BCUT2D eigenvalue weighted by atomic mass is 10.0. The number of hydrogen-bond acceptors (Lipinski definition) is 5. The molecule has 0 spiro atoms. The van der Waals surface area contributed by atoms with Crippen LogP contribution in [-0.4, -0.2) is 64.9 Å². The maximum Gasteiger partial charge on any atom is 0.191 e. The maximum atomic E-state index is 5.55. The van der Waals surface area contributed by atoms with Crippen LogP contribution < -0.4 is 10.6 Å². The van der Waals surface area contributed by atoms with Gasteiger partial charge >= 0.3 is 0 Å². The van der Waals surface area contributed by atoms with E-state index in [0.717, 1.165) is 56.8 Å². The Bertz CT molecular complexity index is 950. The predicted octanol–water partition coefficient (Wildman–Crippen LogP) is 1.86. The number of rotatable bonds is 7. The first-order valence-electron chi connectivity index (χ1n) is 10.5. The van der Waals surface area contributed by atoms with Gasteiger partial charge in [0.05, 0.1) is 19.3 Å². The second-order valence-electron chi connectivity index (χ2n) is 7.20. The molecule has 0 aliphatic carbocycles. The molecule has 1 unspecified atom stereocenters. The van der Waals surface area contributed by atoms with Gasteiger partial charge in [0.1, 0.15) is 6.54 Å². The first-order chi connectivity index (χ1) is 14.8. The third-order valence-corrected chi connectivity index (χ3v) is 5.24. The summed E-state index contributed by atoms with van der Waals surface area (Å²) in [5, 5.41) is 15.3. The fourth-order valence-electron chi connectivity index (χ4n) is 3.71. The SMILES string of the molecule is CCNC(=NCc1nnc2ccccn12)NCC(c1ccccc1)N1CCOCC1. The minimum atomic E-state index is 0.257. The molecule has 2 aromatic heterocycles. The summed E-state index contributed by atoms with van der Waals surface area (Å²) >= 11 is 0. The number of nitrogens with zero attached hydrogens (tertiary/aromatic N) is 5. The van der Waals surface area contributed by atoms with E-state index >= 15 is 0 Å². The molecule has 0 bridgehead atoms. The number of fused-ring (bicyclic) bond motifs is 1. The van der Waals surface area contributed by atoms with Crippen LogP contribution in [0.15, 0.2) is 59.7 Å². The summed E-state index contributed by atoms with van der Waals surface area (Å²) in [5.74, 6) is 1.59. The lowest BCUT2D eigenvalue weighted by molar-refractivity contribution is 0.0170. The van der Waals surface area contributed by atoms with Crippen molar-refractivity contribution in [2.75, 3.05) is 39.4 Å². The molecular weight excluding hydrogens is 378 g/mol. The molecule has 158 valence electrons. The number of benzene rings is 1. The molecule has 0 saturated carbocycles. The quantitative estimate of drug-likeness (QED) is 0.460. The van der Waals surface area contributed by atoms with E-state index in [9.17, 15) is 0 Å². The van der Waals surface area contributed by atoms with Crippen LogP contribution in [0.5, 0.6) is 0 Å². The van der Waals surface area contributed by atoms with Gasteiger partial charge < -0.3 is 15.4 Å². The van der Waals surface area contributed by atoms with Gasteiger partial charge in [-0.25, -0.2) is 4.99 Å². The van der Waals surface area contributed by atoms with Crippen molar-refractivity contribution in [2.24, 2.45) is 4.99 Å². The third kappa shape index (κ3) is 4.95. The average Bonchev–Trinajstić information content (AvgIpc) is 3.22. The van der Waals surface area contributed by atoms with E-state index in [2.05, 4.69) is 63.0 Å². The standard InChI is InChI=1S/C22H29N7O/c1-2-23-22(25-17-21-27-26-20-10-6-7-11-29(20)21)24-16-19(18-8-4-3-5-9-18)28-12-14-30-15-13-28/h3-11,19H,2,12-17H2,1H3,(H2,23,24,25). The van der Waals surface area contributed by atoms with Crippen LogP contribution >= 0.6 is 0 Å². The van der Waals surface area contributed by atoms with Gasteiger partial charge in [-0.3, -0.25) is 9.30 Å². The Morgan fingerprint density at radius 1 is 1.07 bits per heavy atom. The van der Waals surface area contributed by atoms with Gasteiger partial charge in [0.15, 0.2) is 17.4 Å². The third-order valence-electron chi connectivity index (χ3n) is 5.24. The molecule has 1 atom stereocenters. The van der Waals surface area contributed by atoms with Gasteiger partial charge in [-0.2, -0.15) is 0 Å². The highest BCUT2D eigenvalue weighted by Gasteiger charge is 2.22. The van der Waals surface area contributed by atoms with Crippen LogP contribution in [0, 0.1) is 0 Å². The largest absolute Gasteiger partial charge is 0.379 e. The van der Waals surface area contributed by atoms with Gasteiger partial charge in [-0.15, -0.1) is 10.2 Å². The number of ether oxygens (including phenoxy) is 1. The van der Waals surface area contributed by atoms with Crippen LogP contribution in [-0.2, 0) is 11.3 Å². The molecular formula is C22H29N7O. The Morgan fingerprint density at radius 2 is 1.87 bits per heavy atom. The van der Waals surface area contributed by atoms with Crippen LogP contribution in [0.3, 0.4) is 0 Å². The molecule has 1 aliphatic heterocycles. The normalized spacial score (nSPS) is 16.5. The number of nitrogens with one attached hydrogen (secondary N) is 2. The summed E-state index contributed by atoms with van der Waals surface area (Å²) in [4.78, 5) is 7.22. The lowest BCUT2D eigenvalue weighted by Crippen LogP contribution is -2.46. The van der Waals surface area contributed by atoms with Crippen LogP contribution in [0.4, 0.5) is 0 Å². The molecule has 1 fully saturated rings. The van der Waals surface area contributed by atoms with Crippen molar-refractivity contribution in [3.05, 3.63) is 66.1 Å². The van der Waals surface area contributed by atoms with Crippen molar-refractivity contribution < 1.29 is 4.74 Å². The highest BCUT2D eigenvalue weighted by molar-refractivity contribution is 5.79. The molecule has 0 radical (unpaired) electrons. The Morgan fingerprint density at radius 3 is 2.67 bits per heavy atom. The molecule has 3 aromatic rings. The highest BCUT2D eigenvalue weighted by atomic mass is 16.5. The van der Waals surface area contributed by atoms with E-state index in [4.69, 9.17) is 9.73 Å². The topological polar surface area (TPSA) is 79.1 Å². The van der Waals surface area contributed by atoms with Gasteiger partial charge in [0.2, 0.25) is 0 Å². The second-order valence-corrected chi connectivity index (χ2v) is 7.20. The first-order valence-corrected chi connectivity index (χ1v) is 10.5. The van der Waals surface area contributed by atoms with E-state index in [1.807, 2.05) is 28.8 Å². The number of aromatic nitrogens is 3. The van der Waals surface area contributed by atoms with Crippen LogP contribution in [0.2, 0.25) is 0 Å². The zero-order valence-corrected chi connectivity index (χ0v) is 17.4. The monoisotopic (exact) mass is 407 g/mol. The van der Waals surface area contributed by atoms with Gasteiger partial charge in [-0.1, -0.05) is 36.4 Å².